The van der Waals surface area contributed by atoms with Crippen molar-refractivity contribution >= 4 is 28.3 Å². The van der Waals surface area contributed by atoms with Crippen molar-refractivity contribution in [3.8, 4) is 22.8 Å². The molecule has 0 radical (unpaired) electrons. The Labute approximate surface area is 160 Å². The molecule has 1 aromatic carbocycles. The van der Waals surface area contributed by atoms with E-state index in [0.29, 0.717) is 35.3 Å². The molecule has 1 atom stereocenters. The minimum absolute atomic E-state index is 0.0394. The summed E-state index contributed by atoms with van der Waals surface area (Å²) >= 11 is 1.30. The molecule has 1 amide bonds. The molecule has 1 saturated heterocycles. The van der Waals surface area contributed by atoms with Crippen LogP contribution >= 0.6 is 11.3 Å². The lowest BCUT2D eigenvalue weighted by atomic mass is 10.1. The van der Waals surface area contributed by atoms with Crippen LogP contribution in [-0.2, 0) is 9.59 Å². The summed E-state index contributed by atoms with van der Waals surface area (Å²) in [5.41, 5.74) is 1.47. The van der Waals surface area contributed by atoms with Crippen LogP contribution in [-0.4, -0.2) is 60.2 Å². The van der Waals surface area contributed by atoms with Gasteiger partial charge in [0, 0.05) is 17.0 Å². The van der Waals surface area contributed by atoms with Crippen LogP contribution in [0.15, 0.2) is 23.6 Å². The highest BCUT2D eigenvalue weighted by Crippen LogP contribution is 2.34. The van der Waals surface area contributed by atoms with Crippen molar-refractivity contribution in [2.75, 3.05) is 32.6 Å². The summed E-state index contributed by atoms with van der Waals surface area (Å²) in [6.07, 6.45) is 1.35. The Morgan fingerprint density at radius 1 is 1.37 bits per heavy atom. The molecule has 8 nitrogen and oxygen atoms in total. The van der Waals surface area contributed by atoms with Gasteiger partial charge in [-0.1, -0.05) is 0 Å². The van der Waals surface area contributed by atoms with Crippen LogP contribution in [0.1, 0.15) is 12.8 Å². The molecule has 9 heteroatoms. The zero-order valence-corrected chi connectivity index (χ0v) is 15.9. The van der Waals surface area contributed by atoms with E-state index in [1.165, 1.54) is 11.3 Å². The number of likely N-dealkylation sites (tertiary alicyclic amines) is 1. The third kappa shape index (κ3) is 4.37. The maximum Gasteiger partial charge on any atom is 0.320 e. The molecule has 0 saturated carbocycles. The molecule has 1 aliphatic heterocycles. The number of carboxylic acids is 1. The van der Waals surface area contributed by atoms with Gasteiger partial charge in [-0.25, -0.2) is 4.98 Å². The quantitative estimate of drug-likeness (QED) is 0.747. The van der Waals surface area contributed by atoms with Gasteiger partial charge in [0.1, 0.15) is 17.5 Å². The molecule has 27 heavy (non-hydrogen) atoms. The average Bonchev–Trinajstić information content (AvgIpc) is 3.30. The van der Waals surface area contributed by atoms with E-state index in [1.54, 1.807) is 25.2 Å². The Balaban J connectivity index is 1.68. The van der Waals surface area contributed by atoms with Crippen LogP contribution in [0.5, 0.6) is 11.5 Å². The van der Waals surface area contributed by atoms with Gasteiger partial charge < -0.3 is 19.9 Å². The Morgan fingerprint density at radius 3 is 2.89 bits per heavy atom. The van der Waals surface area contributed by atoms with Crippen molar-refractivity contribution in [3.63, 3.8) is 0 Å². The highest BCUT2D eigenvalue weighted by Gasteiger charge is 2.31. The lowest BCUT2D eigenvalue weighted by molar-refractivity contribution is -0.142. The number of carboxylic acid groups (broad SMARTS) is 1. The number of thiazole rings is 1. The van der Waals surface area contributed by atoms with Crippen LogP contribution < -0.4 is 14.8 Å². The lowest BCUT2D eigenvalue weighted by Crippen LogP contribution is -2.40. The van der Waals surface area contributed by atoms with Crippen molar-refractivity contribution in [2.24, 2.45) is 0 Å². The summed E-state index contributed by atoms with van der Waals surface area (Å²) in [4.78, 5) is 29.6. The number of hydrogen-bond donors (Lipinski definition) is 2. The number of aromatic nitrogens is 1. The van der Waals surface area contributed by atoms with E-state index in [4.69, 9.17) is 9.47 Å². The van der Waals surface area contributed by atoms with Gasteiger partial charge in [0.15, 0.2) is 5.13 Å². The van der Waals surface area contributed by atoms with Crippen molar-refractivity contribution in [3.05, 3.63) is 23.6 Å². The molecule has 2 heterocycles. The highest BCUT2D eigenvalue weighted by atomic mass is 32.1. The molecule has 1 fully saturated rings. The minimum atomic E-state index is -0.886. The van der Waals surface area contributed by atoms with Crippen LogP contribution in [0.3, 0.4) is 0 Å². The summed E-state index contributed by atoms with van der Waals surface area (Å²) < 4.78 is 10.6. The first-order valence-electron chi connectivity index (χ1n) is 8.46. The van der Waals surface area contributed by atoms with E-state index in [2.05, 4.69) is 10.3 Å². The predicted octanol–water partition coefficient (Wildman–Crippen LogP) is 2.31. The number of carbonyl (C=O) groups excluding carboxylic acids is 1. The van der Waals surface area contributed by atoms with Crippen LogP contribution in [0.4, 0.5) is 5.13 Å². The third-order valence-electron chi connectivity index (χ3n) is 4.43. The van der Waals surface area contributed by atoms with Gasteiger partial charge >= 0.3 is 5.97 Å². The molecule has 2 N–H and O–H groups in total. The monoisotopic (exact) mass is 391 g/mol. The van der Waals surface area contributed by atoms with Crippen LogP contribution in [0.25, 0.3) is 11.3 Å². The Bertz CT molecular complexity index is 838. The summed E-state index contributed by atoms with van der Waals surface area (Å²) in [5, 5.41) is 14.2. The topological polar surface area (TPSA) is 101 Å². The van der Waals surface area contributed by atoms with Crippen molar-refractivity contribution < 1.29 is 24.2 Å². The summed E-state index contributed by atoms with van der Waals surface area (Å²) in [6.45, 7) is 0.647. The number of rotatable bonds is 7. The van der Waals surface area contributed by atoms with Gasteiger partial charge in [-0.15, -0.1) is 11.3 Å². The zero-order chi connectivity index (χ0) is 19.4. The van der Waals surface area contributed by atoms with Crippen LogP contribution in [0, 0.1) is 0 Å². The molecule has 3 rings (SSSR count). The van der Waals surface area contributed by atoms with Gasteiger partial charge in [-0.3, -0.25) is 14.5 Å². The van der Waals surface area contributed by atoms with Crippen molar-refractivity contribution in [2.45, 2.75) is 18.9 Å². The fraction of sp³-hybridized carbons (Fsp3) is 0.389. The Morgan fingerprint density at radius 2 is 2.19 bits per heavy atom. The van der Waals surface area contributed by atoms with E-state index in [-0.39, 0.29) is 12.5 Å². The minimum Gasteiger partial charge on any atom is -0.497 e. The zero-order valence-electron chi connectivity index (χ0n) is 15.1. The normalized spacial score (nSPS) is 16.9. The van der Waals surface area contributed by atoms with Gasteiger partial charge in [0.25, 0.3) is 0 Å². The summed E-state index contributed by atoms with van der Waals surface area (Å²) in [7, 11) is 3.16. The maximum atomic E-state index is 12.3. The molecule has 0 spiro atoms. The number of carbonyl (C=O) groups is 2. The van der Waals surface area contributed by atoms with E-state index in [1.807, 2.05) is 17.5 Å². The molecule has 1 aromatic heterocycles. The standard InChI is InChI=1S/C18H21N3O5S/c1-25-11-5-6-12(15(8-11)26-2)13-10-27-18(19-13)20-16(22)9-21-7-3-4-14(21)17(23)24/h5-6,8,10,14H,3-4,7,9H2,1-2H3,(H,23,24)(H,19,20,22). The third-order valence-corrected chi connectivity index (χ3v) is 5.19. The predicted molar refractivity (Wildman–Crippen MR) is 102 cm³/mol. The number of benzene rings is 1. The molecule has 0 bridgehead atoms. The smallest absolute Gasteiger partial charge is 0.320 e. The lowest BCUT2D eigenvalue weighted by Gasteiger charge is -2.19. The number of nitrogens with one attached hydrogen (secondary N) is 1. The number of methoxy groups -OCH3 is 2. The number of anilines is 1. The van der Waals surface area contributed by atoms with Gasteiger partial charge in [-0.05, 0) is 31.5 Å². The van der Waals surface area contributed by atoms with E-state index >= 15 is 0 Å². The second-order valence-corrected chi connectivity index (χ2v) is 6.98. The van der Waals surface area contributed by atoms with Crippen LogP contribution in [0.2, 0.25) is 0 Å². The fourth-order valence-corrected chi connectivity index (χ4v) is 3.83. The molecule has 1 aliphatic rings. The molecule has 0 aliphatic carbocycles. The first kappa shape index (κ1) is 19.1. The molecule has 2 aromatic rings. The van der Waals surface area contributed by atoms with E-state index in [9.17, 15) is 14.7 Å². The number of hydrogen-bond acceptors (Lipinski definition) is 7. The van der Waals surface area contributed by atoms with Gasteiger partial charge in [0.05, 0.1) is 26.5 Å². The van der Waals surface area contributed by atoms with Gasteiger partial charge in [0.2, 0.25) is 5.91 Å². The number of aliphatic carboxylic acids is 1. The first-order chi connectivity index (χ1) is 13.0. The Kier molecular flexibility index (Phi) is 5.92. The molecular weight excluding hydrogens is 370 g/mol. The summed E-state index contributed by atoms with van der Waals surface area (Å²) in [6, 6.07) is 4.84. The first-order valence-corrected chi connectivity index (χ1v) is 9.34. The van der Waals surface area contributed by atoms with E-state index in [0.717, 1.165) is 12.0 Å². The Hall–Kier alpha value is -2.65. The average molecular weight is 391 g/mol. The molecule has 144 valence electrons. The number of ether oxygens (including phenoxy) is 2. The number of amides is 1. The second-order valence-electron chi connectivity index (χ2n) is 6.12. The van der Waals surface area contributed by atoms with E-state index < -0.39 is 12.0 Å². The molecule has 1 unspecified atom stereocenters. The van der Waals surface area contributed by atoms with Crippen molar-refractivity contribution in [1.29, 1.82) is 0 Å². The van der Waals surface area contributed by atoms with Gasteiger partial charge in [-0.2, -0.15) is 0 Å². The molecular formula is C18H21N3O5S. The largest absolute Gasteiger partial charge is 0.497 e. The fourth-order valence-electron chi connectivity index (χ4n) is 3.10. The SMILES string of the molecule is COc1ccc(-c2csc(NC(=O)CN3CCCC3C(=O)O)n2)c(OC)c1. The second kappa shape index (κ2) is 8.36. The number of nitrogens with zero attached hydrogens (tertiary/aromatic N) is 2. The van der Waals surface area contributed by atoms with Crippen molar-refractivity contribution in [1.82, 2.24) is 9.88 Å². The highest BCUT2D eigenvalue weighted by molar-refractivity contribution is 7.14. The maximum absolute atomic E-state index is 12.3. The summed E-state index contributed by atoms with van der Waals surface area (Å²) in [5.74, 6) is 0.144.